The molecule has 0 saturated carbocycles. The Labute approximate surface area is 104 Å². The van der Waals surface area contributed by atoms with Crippen molar-refractivity contribution in [3.8, 4) is 11.3 Å². The van der Waals surface area contributed by atoms with Gasteiger partial charge in [0.25, 0.3) is 9.05 Å². The molecule has 6 heteroatoms. The maximum atomic E-state index is 11.3. The summed E-state index contributed by atoms with van der Waals surface area (Å²) in [5.74, 6) is 0. The molecule has 0 fully saturated rings. The number of hydrogen-bond acceptors (Lipinski definition) is 3. The Kier molecular flexibility index (Phi) is 2.97. The Hall–Kier alpha value is -1.33. The van der Waals surface area contributed by atoms with Gasteiger partial charge in [-0.05, 0) is 31.0 Å². The minimum absolute atomic E-state index is 0.00224. The summed E-state index contributed by atoms with van der Waals surface area (Å²) in [4.78, 5) is 0.00224. The zero-order valence-corrected chi connectivity index (χ0v) is 10.9. The van der Waals surface area contributed by atoms with E-state index in [1.807, 2.05) is 32.0 Å². The normalized spacial score (nSPS) is 11.7. The first kappa shape index (κ1) is 12.1. The van der Waals surface area contributed by atoms with E-state index in [0.29, 0.717) is 5.69 Å². The minimum atomic E-state index is -3.78. The molecule has 90 valence electrons. The Balaban J connectivity index is 2.62. The Morgan fingerprint density at radius 1 is 1.24 bits per heavy atom. The highest BCUT2D eigenvalue weighted by Crippen LogP contribution is 2.28. The van der Waals surface area contributed by atoms with Gasteiger partial charge in [0.15, 0.2) is 0 Å². The van der Waals surface area contributed by atoms with Crippen molar-refractivity contribution >= 4 is 19.7 Å². The summed E-state index contributed by atoms with van der Waals surface area (Å²) in [6.45, 7) is 3.95. The molecule has 1 aromatic heterocycles. The first-order valence-electron chi connectivity index (χ1n) is 4.95. The largest absolute Gasteiger partial charge is 0.276 e. The van der Waals surface area contributed by atoms with E-state index < -0.39 is 9.05 Å². The Bertz CT molecular complexity index is 662. The van der Waals surface area contributed by atoms with E-state index in [2.05, 4.69) is 10.2 Å². The van der Waals surface area contributed by atoms with Gasteiger partial charge in [-0.3, -0.25) is 5.10 Å². The fraction of sp³-hybridized carbons (Fsp3) is 0.182. The molecule has 0 aliphatic rings. The minimum Gasteiger partial charge on any atom is -0.276 e. The van der Waals surface area contributed by atoms with Crippen molar-refractivity contribution in [3.63, 3.8) is 0 Å². The zero-order chi connectivity index (χ0) is 12.6. The van der Waals surface area contributed by atoms with Crippen molar-refractivity contribution in [3.05, 3.63) is 35.5 Å². The van der Waals surface area contributed by atoms with Crippen LogP contribution in [0.15, 0.2) is 29.3 Å². The molecule has 0 bridgehead atoms. The molecular weight excluding hydrogens is 260 g/mol. The van der Waals surface area contributed by atoms with E-state index in [-0.39, 0.29) is 4.90 Å². The van der Waals surface area contributed by atoms with Gasteiger partial charge in [-0.2, -0.15) is 5.10 Å². The second kappa shape index (κ2) is 4.16. The van der Waals surface area contributed by atoms with Crippen LogP contribution in [-0.2, 0) is 9.05 Å². The molecule has 0 aliphatic heterocycles. The number of nitrogens with one attached hydrogen (secondary N) is 1. The third-order valence-corrected chi connectivity index (χ3v) is 4.00. The van der Waals surface area contributed by atoms with Crippen molar-refractivity contribution in [1.82, 2.24) is 10.2 Å². The van der Waals surface area contributed by atoms with E-state index >= 15 is 0 Å². The van der Waals surface area contributed by atoms with Crippen LogP contribution in [0, 0.1) is 13.8 Å². The van der Waals surface area contributed by atoms with Gasteiger partial charge in [-0.25, -0.2) is 8.42 Å². The molecule has 1 N–H and O–H groups in total. The first-order chi connectivity index (χ1) is 7.89. The van der Waals surface area contributed by atoms with Crippen LogP contribution in [0.2, 0.25) is 0 Å². The predicted molar refractivity (Wildman–Crippen MR) is 66.5 cm³/mol. The highest BCUT2D eigenvalue weighted by Gasteiger charge is 2.19. The second-order valence-electron chi connectivity index (χ2n) is 3.85. The molecule has 0 spiro atoms. The van der Waals surface area contributed by atoms with Crippen LogP contribution >= 0.6 is 10.7 Å². The average Bonchev–Trinajstić information content (AvgIpc) is 2.70. The standard InChI is InChI=1S/C11H11ClN2O2S/c1-7-3-4-9(5-8(7)2)11-10(6-13-14-11)17(12,15)16/h3-6H,1-2H3,(H,13,14). The lowest BCUT2D eigenvalue weighted by molar-refractivity contribution is 0.610. The summed E-state index contributed by atoms with van der Waals surface area (Å²) >= 11 is 0. The number of aryl methyl sites for hydroxylation is 2. The van der Waals surface area contributed by atoms with Gasteiger partial charge in [-0.15, -0.1) is 0 Å². The van der Waals surface area contributed by atoms with Gasteiger partial charge in [-0.1, -0.05) is 12.1 Å². The van der Waals surface area contributed by atoms with Crippen molar-refractivity contribution in [2.45, 2.75) is 18.7 Å². The van der Waals surface area contributed by atoms with Crippen LogP contribution in [0.1, 0.15) is 11.1 Å². The molecule has 2 rings (SSSR count). The molecule has 1 aromatic carbocycles. The number of benzene rings is 1. The lowest BCUT2D eigenvalue weighted by atomic mass is 10.0. The summed E-state index contributed by atoms with van der Waals surface area (Å²) in [5.41, 5.74) is 3.39. The van der Waals surface area contributed by atoms with Gasteiger partial charge in [0.05, 0.1) is 11.9 Å². The third kappa shape index (κ3) is 2.35. The second-order valence-corrected chi connectivity index (χ2v) is 6.38. The lowest BCUT2D eigenvalue weighted by Gasteiger charge is -2.04. The topological polar surface area (TPSA) is 62.8 Å². The van der Waals surface area contributed by atoms with E-state index in [9.17, 15) is 8.42 Å². The number of nitrogens with zero attached hydrogens (tertiary/aromatic N) is 1. The number of rotatable bonds is 2. The number of H-pyrrole nitrogens is 1. The van der Waals surface area contributed by atoms with E-state index in [1.54, 1.807) is 0 Å². The lowest BCUT2D eigenvalue weighted by Crippen LogP contribution is -1.92. The van der Waals surface area contributed by atoms with Crippen molar-refractivity contribution in [2.24, 2.45) is 0 Å². The van der Waals surface area contributed by atoms with Crippen molar-refractivity contribution < 1.29 is 8.42 Å². The average molecular weight is 271 g/mol. The fourth-order valence-electron chi connectivity index (χ4n) is 1.56. The van der Waals surface area contributed by atoms with Gasteiger partial charge in [0.2, 0.25) is 0 Å². The van der Waals surface area contributed by atoms with Crippen LogP contribution in [0.25, 0.3) is 11.3 Å². The molecule has 0 saturated heterocycles. The summed E-state index contributed by atoms with van der Waals surface area (Å²) < 4.78 is 22.7. The van der Waals surface area contributed by atoms with Gasteiger partial charge in [0.1, 0.15) is 4.90 Å². The summed E-state index contributed by atoms with van der Waals surface area (Å²) in [6.07, 6.45) is 1.22. The molecule has 0 radical (unpaired) electrons. The molecular formula is C11H11ClN2O2S. The number of aromatic nitrogens is 2. The highest BCUT2D eigenvalue weighted by molar-refractivity contribution is 8.13. The van der Waals surface area contributed by atoms with Gasteiger partial charge >= 0.3 is 0 Å². The highest BCUT2D eigenvalue weighted by atomic mass is 35.7. The van der Waals surface area contributed by atoms with E-state index in [0.717, 1.165) is 16.7 Å². The number of aromatic amines is 1. The monoisotopic (exact) mass is 270 g/mol. The van der Waals surface area contributed by atoms with Crippen LogP contribution in [-0.4, -0.2) is 18.6 Å². The Morgan fingerprint density at radius 2 is 1.94 bits per heavy atom. The van der Waals surface area contributed by atoms with Crippen LogP contribution in [0.4, 0.5) is 0 Å². The molecule has 0 unspecified atom stereocenters. The fourth-order valence-corrected chi connectivity index (χ4v) is 2.50. The maximum Gasteiger partial charge on any atom is 0.265 e. The number of hydrogen-bond donors (Lipinski definition) is 1. The molecule has 4 nitrogen and oxygen atoms in total. The van der Waals surface area contributed by atoms with Gasteiger partial charge < -0.3 is 0 Å². The van der Waals surface area contributed by atoms with Crippen LogP contribution in [0.5, 0.6) is 0 Å². The zero-order valence-electron chi connectivity index (χ0n) is 9.36. The smallest absolute Gasteiger partial charge is 0.265 e. The molecule has 0 amide bonds. The molecule has 0 aliphatic carbocycles. The van der Waals surface area contributed by atoms with E-state index in [4.69, 9.17) is 10.7 Å². The van der Waals surface area contributed by atoms with Crippen LogP contribution in [0.3, 0.4) is 0 Å². The SMILES string of the molecule is Cc1ccc(-c2[nH]ncc2S(=O)(=O)Cl)cc1C. The van der Waals surface area contributed by atoms with Crippen molar-refractivity contribution in [2.75, 3.05) is 0 Å². The first-order valence-corrected chi connectivity index (χ1v) is 7.26. The van der Waals surface area contributed by atoms with E-state index in [1.165, 1.54) is 6.20 Å². The molecule has 0 atom stereocenters. The van der Waals surface area contributed by atoms with Crippen LogP contribution < -0.4 is 0 Å². The summed E-state index contributed by atoms with van der Waals surface area (Å²) in [6, 6.07) is 5.66. The maximum absolute atomic E-state index is 11.3. The molecule has 2 aromatic rings. The quantitative estimate of drug-likeness (QED) is 0.853. The van der Waals surface area contributed by atoms with Crippen molar-refractivity contribution in [1.29, 1.82) is 0 Å². The molecule has 17 heavy (non-hydrogen) atoms. The number of halogens is 1. The van der Waals surface area contributed by atoms with Gasteiger partial charge in [0, 0.05) is 16.2 Å². The predicted octanol–water partition coefficient (Wildman–Crippen LogP) is 2.62. The molecule has 1 heterocycles. The third-order valence-electron chi connectivity index (χ3n) is 2.66. The summed E-state index contributed by atoms with van der Waals surface area (Å²) in [7, 11) is 1.56. The summed E-state index contributed by atoms with van der Waals surface area (Å²) in [5, 5.41) is 6.39. The Morgan fingerprint density at radius 3 is 2.53 bits per heavy atom.